The minimum absolute atomic E-state index is 0.0145. The summed E-state index contributed by atoms with van der Waals surface area (Å²) in [5.74, 6) is 1.44. The maximum Gasteiger partial charge on any atom is 0.234 e. The highest BCUT2D eigenvalue weighted by molar-refractivity contribution is 8.14. The number of thioether (sulfide) groups is 1. The molecule has 0 bridgehead atoms. The number of methoxy groups -OCH3 is 2. The number of benzene rings is 2. The Morgan fingerprint density at radius 2 is 2.03 bits per heavy atom. The molecule has 3 aliphatic rings. The Morgan fingerprint density at radius 3 is 2.79 bits per heavy atom. The zero-order chi connectivity index (χ0) is 23.7. The molecule has 1 fully saturated rings. The number of hydrazone groups is 1. The predicted octanol–water partition coefficient (Wildman–Crippen LogP) is 3.34. The Hall–Kier alpha value is -3.08. The van der Waals surface area contributed by atoms with Crippen LogP contribution in [-0.4, -0.2) is 53.2 Å². The topological polar surface area (TPSA) is 90.5 Å². The fourth-order valence-electron chi connectivity index (χ4n) is 4.30. The van der Waals surface area contributed by atoms with Crippen molar-refractivity contribution < 1.29 is 14.3 Å². The molecule has 5 rings (SSSR count). The molecule has 3 N–H and O–H groups in total. The second kappa shape index (κ2) is 9.65. The van der Waals surface area contributed by atoms with Crippen molar-refractivity contribution in [3.05, 3.63) is 65.5 Å². The summed E-state index contributed by atoms with van der Waals surface area (Å²) < 4.78 is 10.6. The van der Waals surface area contributed by atoms with E-state index < -0.39 is 0 Å². The highest BCUT2D eigenvalue weighted by Crippen LogP contribution is 2.35. The van der Waals surface area contributed by atoms with Gasteiger partial charge in [0.1, 0.15) is 17.7 Å². The van der Waals surface area contributed by atoms with E-state index in [1.165, 1.54) is 17.3 Å². The molecule has 3 aliphatic heterocycles. The highest BCUT2D eigenvalue weighted by Gasteiger charge is 2.44. The van der Waals surface area contributed by atoms with Crippen LogP contribution >= 0.6 is 23.4 Å². The van der Waals surface area contributed by atoms with Gasteiger partial charge in [-0.05, 0) is 42.3 Å². The predicted molar refractivity (Wildman–Crippen MR) is 134 cm³/mol. The third-order valence-electron chi connectivity index (χ3n) is 5.99. The minimum Gasteiger partial charge on any atom is -0.497 e. The summed E-state index contributed by atoms with van der Waals surface area (Å²) in [5, 5.41) is 10.8. The van der Waals surface area contributed by atoms with E-state index in [0.29, 0.717) is 16.5 Å². The number of nitrogens with one attached hydrogen (secondary N) is 3. The lowest BCUT2D eigenvalue weighted by atomic mass is 10.00. The Labute approximate surface area is 207 Å². The van der Waals surface area contributed by atoms with Crippen LogP contribution in [-0.2, 0) is 4.79 Å². The molecule has 0 spiro atoms. The SMILES string of the molecule is COc1ccc(C2CC3C4NN=C(SCC(=O)Nc5cc(Cl)ccc5OC)N4C=CN3N2)cc1. The van der Waals surface area contributed by atoms with Gasteiger partial charge >= 0.3 is 0 Å². The van der Waals surface area contributed by atoms with Crippen molar-refractivity contribution in [1.82, 2.24) is 20.8 Å². The number of halogens is 1. The molecule has 1 amide bonds. The largest absolute Gasteiger partial charge is 0.497 e. The monoisotopic (exact) mass is 500 g/mol. The van der Waals surface area contributed by atoms with Crippen molar-refractivity contribution in [3.63, 3.8) is 0 Å². The number of amides is 1. The molecule has 2 aromatic rings. The molecule has 1 saturated heterocycles. The van der Waals surface area contributed by atoms with Gasteiger partial charge in [-0.2, -0.15) is 5.10 Å². The van der Waals surface area contributed by atoms with Gasteiger partial charge in [-0.3, -0.25) is 10.2 Å². The van der Waals surface area contributed by atoms with Gasteiger partial charge in [0.15, 0.2) is 5.17 Å². The van der Waals surface area contributed by atoms with Crippen molar-refractivity contribution >= 4 is 40.1 Å². The van der Waals surface area contributed by atoms with Crippen LogP contribution in [0.3, 0.4) is 0 Å². The Kier molecular flexibility index (Phi) is 6.44. The first-order valence-electron chi connectivity index (χ1n) is 10.8. The summed E-state index contributed by atoms with van der Waals surface area (Å²) in [4.78, 5) is 14.6. The second-order valence-electron chi connectivity index (χ2n) is 8.02. The van der Waals surface area contributed by atoms with Gasteiger partial charge in [0.05, 0.1) is 37.7 Å². The van der Waals surface area contributed by atoms with E-state index in [4.69, 9.17) is 21.1 Å². The summed E-state index contributed by atoms with van der Waals surface area (Å²) in [6.07, 6.45) is 4.89. The van der Waals surface area contributed by atoms with Gasteiger partial charge in [-0.1, -0.05) is 35.5 Å². The van der Waals surface area contributed by atoms with Crippen molar-refractivity contribution in [3.8, 4) is 11.5 Å². The Balaban J connectivity index is 1.18. The van der Waals surface area contributed by atoms with E-state index in [1.54, 1.807) is 32.4 Å². The summed E-state index contributed by atoms with van der Waals surface area (Å²) >= 11 is 7.43. The third kappa shape index (κ3) is 4.48. The zero-order valence-corrected chi connectivity index (χ0v) is 20.3. The molecule has 3 heterocycles. The molecule has 34 heavy (non-hydrogen) atoms. The fourth-order valence-corrected chi connectivity index (χ4v) is 5.24. The molecule has 0 saturated carbocycles. The molecule has 3 unspecified atom stereocenters. The first-order chi connectivity index (χ1) is 16.6. The van der Waals surface area contributed by atoms with Gasteiger partial charge in [0.25, 0.3) is 0 Å². The van der Waals surface area contributed by atoms with Crippen LogP contribution in [0.25, 0.3) is 0 Å². The van der Waals surface area contributed by atoms with Crippen LogP contribution in [0.4, 0.5) is 5.69 Å². The zero-order valence-electron chi connectivity index (χ0n) is 18.7. The van der Waals surface area contributed by atoms with Crippen molar-refractivity contribution in [2.75, 3.05) is 25.3 Å². The summed E-state index contributed by atoms with van der Waals surface area (Å²) in [7, 11) is 3.22. The van der Waals surface area contributed by atoms with Crippen LogP contribution in [0.5, 0.6) is 11.5 Å². The van der Waals surface area contributed by atoms with Crippen LogP contribution in [0.15, 0.2) is 60.0 Å². The number of carbonyl (C=O) groups is 1. The number of fused-ring (bicyclic) bond motifs is 3. The van der Waals surface area contributed by atoms with Gasteiger partial charge in [-0.15, -0.1) is 0 Å². The molecule has 0 aliphatic carbocycles. The number of nitrogens with zero attached hydrogens (tertiary/aromatic N) is 3. The molecular weight excluding hydrogens is 476 g/mol. The van der Waals surface area contributed by atoms with Crippen molar-refractivity contribution in [2.24, 2.45) is 5.10 Å². The Bertz CT molecular complexity index is 1130. The maximum atomic E-state index is 12.6. The normalized spacial score (nSPS) is 22.6. The van der Waals surface area contributed by atoms with Crippen LogP contribution in [0.1, 0.15) is 18.0 Å². The standard InChI is InChI=1S/C23H25ClN6O3S/c1-32-16-6-3-14(4-7-16)17-12-19-22-26-27-23(29(22)9-10-30(19)28-17)34-13-21(31)25-18-11-15(24)5-8-20(18)33-2/h3-11,17,19,22,26,28H,12-13H2,1-2H3,(H,25,31). The average molecular weight is 501 g/mol. The van der Waals surface area contributed by atoms with E-state index in [-0.39, 0.29) is 29.9 Å². The smallest absolute Gasteiger partial charge is 0.234 e. The summed E-state index contributed by atoms with van der Waals surface area (Å²) in [5.41, 5.74) is 8.55. The quantitative estimate of drug-likeness (QED) is 0.556. The molecule has 178 valence electrons. The number of amidine groups is 1. The first-order valence-corrected chi connectivity index (χ1v) is 12.2. The summed E-state index contributed by atoms with van der Waals surface area (Å²) in [6, 6.07) is 13.6. The van der Waals surface area contributed by atoms with E-state index in [1.807, 2.05) is 24.5 Å². The number of rotatable bonds is 6. The minimum atomic E-state index is -0.165. The van der Waals surface area contributed by atoms with E-state index in [2.05, 4.69) is 43.3 Å². The Morgan fingerprint density at radius 1 is 1.21 bits per heavy atom. The van der Waals surface area contributed by atoms with E-state index in [9.17, 15) is 4.79 Å². The van der Waals surface area contributed by atoms with Crippen LogP contribution in [0.2, 0.25) is 5.02 Å². The lowest BCUT2D eigenvalue weighted by Gasteiger charge is -2.36. The molecule has 0 radical (unpaired) electrons. The number of ether oxygens (including phenoxy) is 2. The van der Waals surface area contributed by atoms with Crippen LogP contribution < -0.4 is 25.6 Å². The molecule has 11 heteroatoms. The number of hydrazine groups is 1. The number of anilines is 1. The maximum absolute atomic E-state index is 12.6. The molecule has 9 nitrogen and oxygen atoms in total. The average Bonchev–Trinajstić information content (AvgIpc) is 3.47. The molecule has 0 aromatic heterocycles. The second-order valence-corrected chi connectivity index (χ2v) is 9.40. The number of carbonyl (C=O) groups excluding carboxylic acids is 1. The lowest BCUT2D eigenvalue weighted by molar-refractivity contribution is -0.113. The number of hydrogen-bond acceptors (Lipinski definition) is 9. The first kappa shape index (κ1) is 22.7. The van der Waals surface area contributed by atoms with Gasteiger partial charge in [0, 0.05) is 17.4 Å². The van der Waals surface area contributed by atoms with E-state index in [0.717, 1.165) is 17.3 Å². The number of hydrogen-bond donors (Lipinski definition) is 3. The molecule has 3 atom stereocenters. The third-order valence-corrected chi connectivity index (χ3v) is 7.19. The van der Waals surface area contributed by atoms with Crippen molar-refractivity contribution in [1.29, 1.82) is 0 Å². The van der Waals surface area contributed by atoms with E-state index >= 15 is 0 Å². The van der Waals surface area contributed by atoms with Gasteiger partial charge in [0.2, 0.25) is 5.91 Å². The van der Waals surface area contributed by atoms with Gasteiger partial charge < -0.3 is 24.7 Å². The lowest BCUT2D eigenvalue weighted by Crippen LogP contribution is -2.54. The fraction of sp³-hybridized carbons (Fsp3) is 0.304. The summed E-state index contributed by atoms with van der Waals surface area (Å²) in [6.45, 7) is 0. The highest BCUT2D eigenvalue weighted by atomic mass is 35.5. The van der Waals surface area contributed by atoms with Gasteiger partial charge in [-0.25, -0.2) is 5.43 Å². The van der Waals surface area contributed by atoms with Crippen LogP contribution in [0, 0.1) is 0 Å². The molecular formula is C23H25ClN6O3S. The molecule has 2 aromatic carbocycles. The van der Waals surface area contributed by atoms with Crippen molar-refractivity contribution in [2.45, 2.75) is 24.7 Å².